The molecule has 6 nitrogen and oxygen atoms in total. The van der Waals surface area contributed by atoms with Gasteiger partial charge >= 0.3 is 0 Å². The number of amides is 1. The average Bonchev–Trinajstić information content (AvgIpc) is 3.09. The molecule has 2 N–H and O–H groups in total. The quantitative estimate of drug-likeness (QED) is 0.729. The van der Waals surface area contributed by atoms with Gasteiger partial charge in [0, 0.05) is 11.9 Å². The lowest BCUT2D eigenvalue weighted by Gasteiger charge is -2.07. The van der Waals surface area contributed by atoms with E-state index in [0.717, 1.165) is 5.69 Å². The Morgan fingerprint density at radius 2 is 2.15 bits per heavy atom. The van der Waals surface area contributed by atoms with Gasteiger partial charge in [-0.05, 0) is 24.4 Å². The van der Waals surface area contributed by atoms with E-state index in [-0.39, 0.29) is 5.91 Å². The third kappa shape index (κ3) is 2.38. The molecule has 0 saturated heterocycles. The maximum absolute atomic E-state index is 12.3. The lowest BCUT2D eigenvalue weighted by atomic mass is 10.3. The van der Waals surface area contributed by atoms with Crippen LogP contribution in [0.1, 0.15) is 10.5 Å². The number of carbonyl (C=O) groups excluding carboxylic acids is 1. The predicted molar refractivity (Wildman–Crippen MR) is 78.8 cm³/mol. The van der Waals surface area contributed by atoms with Crippen LogP contribution in [0.2, 0.25) is 0 Å². The average molecular weight is 303 g/mol. The van der Waals surface area contributed by atoms with Gasteiger partial charge in [0.15, 0.2) is 4.77 Å². The minimum atomic E-state index is -0.294. The van der Waals surface area contributed by atoms with Crippen molar-refractivity contribution in [3.63, 3.8) is 0 Å². The zero-order valence-corrected chi connectivity index (χ0v) is 11.7. The Balaban J connectivity index is 1.99. The normalized spacial score (nSPS) is 10.4. The van der Waals surface area contributed by atoms with Gasteiger partial charge in [0.1, 0.15) is 11.2 Å². The number of carbonyl (C=O) groups is 1. The Morgan fingerprint density at radius 3 is 2.85 bits per heavy atom. The number of hydrogen-bond acceptors (Lipinski definition) is 5. The summed E-state index contributed by atoms with van der Waals surface area (Å²) in [6, 6.07) is 9.44. The van der Waals surface area contributed by atoms with Crippen LogP contribution in [0, 0.1) is 4.77 Å². The van der Waals surface area contributed by atoms with Gasteiger partial charge in [-0.1, -0.05) is 29.5 Å². The van der Waals surface area contributed by atoms with Crippen molar-refractivity contribution in [2.75, 3.05) is 5.32 Å². The van der Waals surface area contributed by atoms with Crippen LogP contribution in [0.5, 0.6) is 0 Å². The molecule has 20 heavy (non-hydrogen) atoms. The molecule has 0 spiro atoms. The molecule has 2 heterocycles. The Bertz CT molecular complexity index is 776. The Kier molecular flexibility index (Phi) is 3.40. The zero-order valence-electron chi connectivity index (χ0n) is 10.1. The zero-order chi connectivity index (χ0) is 13.9. The Hall–Kier alpha value is -2.32. The summed E-state index contributed by atoms with van der Waals surface area (Å²) in [6.45, 7) is 0. The standard InChI is InChI=1S/C12H9N5OS2/c18-10(15-11-16-14-7-20-11)9-6-13-12(19)17(9)8-4-2-1-3-5-8/h1-7H,(H,13,19)(H,15,16,18). The minimum absolute atomic E-state index is 0.294. The Labute approximate surface area is 123 Å². The van der Waals surface area contributed by atoms with Gasteiger partial charge in [0.05, 0.1) is 0 Å². The molecule has 0 saturated carbocycles. The summed E-state index contributed by atoms with van der Waals surface area (Å²) in [5.74, 6) is -0.294. The van der Waals surface area contributed by atoms with E-state index < -0.39 is 0 Å². The molecular weight excluding hydrogens is 294 g/mol. The number of aromatic nitrogens is 4. The summed E-state index contributed by atoms with van der Waals surface area (Å²) in [5.41, 5.74) is 2.79. The molecule has 100 valence electrons. The van der Waals surface area contributed by atoms with Gasteiger partial charge in [-0.15, -0.1) is 10.2 Å². The number of H-pyrrole nitrogens is 1. The van der Waals surface area contributed by atoms with Gasteiger partial charge in [-0.3, -0.25) is 14.7 Å². The number of para-hydroxylation sites is 1. The maximum atomic E-state index is 12.3. The number of nitrogens with zero attached hydrogens (tertiary/aromatic N) is 3. The number of anilines is 1. The number of rotatable bonds is 3. The van der Waals surface area contributed by atoms with E-state index in [9.17, 15) is 4.79 Å². The molecule has 0 unspecified atom stereocenters. The smallest absolute Gasteiger partial charge is 0.276 e. The fourth-order valence-electron chi connectivity index (χ4n) is 1.76. The third-order valence-electron chi connectivity index (χ3n) is 2.60. The van der Waals surface area contributed by atoms with Crippen molar-refractivity contribution < 1.29 is 4.79 Å². The molecular formula is C12H9N5OS2. The van der Waals surface area contributed by atoms with Gasteiger partial charge in [-0.2, -0.15) is 0 Å². The summed E-state index contributed by atoms with van der Waals surface area (Å²) >= 11 is 6.48. The predicted octanol–water partition coefficient (Wildman–Crippen LogP) is 2.64. The number of imidazole rings is 1. The summed E-state index contributed by atoms with van der Waals surface area (Å²) in [5, 5.41) is 10.6. The van der Waals surface area contributed by atoms with Crippen LogP contribution in [0.15, 0.2) is 42.0 Å². The van der Waals surface area contributed by atoms with Crippen LogP contribution >= 0.6 is 23.6 Å². The van der Waals surface area contributed by atoms with Crippen molar-refractivity contribution in [1.29, 1.82) is 0 Å². The molecule has 0 atom stereocenters. The van der Waals surface area contributed by atoms with E-state index in [0.29, 0.717) is 15.6 Å². The highest BCUT2D eigenvalue weighted by atomic mass is 32.1. The first-order chi connectivity index (χ1) is 9.75. The third-order valence-corrected chi connectivity index (χ3v) is 3.51. The molecule has 0 radical (unpaired) electrons. The molecule has 8 heteroatoms. The van der Waals surface area contributed by atoms with Crippen LogP contribution in [-0.4, -0.2) is 25.7 Å². The van der Waals surface area contributed by atoms with Gasteiger partial charge in [-0.25, -0.2) is 0 Å². The summed E-state index contributed by atoms with van der Waals surface area (Å²) in [4.78, 5) is 15.1. The second kappa shape index (κ2) is 5.35. The highest BCUT2D eigenvalue weighted by molar-refractivity contribution is 7.71. The second-order valence-electron chi connectivity index (χ2n) is 3.85. The van der Waals surface area contributed by atoms with Crippen molar-refractivity contribution in [2.24, 2.45) is 0 Å². The largest absolute Gasteiger partial charge is 0.336 e. The van der Waals surface area contributed by atoms with Crippen molar-refractivity contribution in [3.8, 4) is 5.69 Å². The molecule has 0 fully saturated rings. The van der Waals surface area contributed by atoms with E-state index in [4.69, 9.17) is 12.2 Å². The van der Waals surface area contributed by atoms with Crippen LogP contribution in [-0.2, 0) is 0 Å². The molecule has 0 bridgehead atoms. The molecule has 0 aliphatic rings. The van der Waals surface area contributed by atoms with E-state index >= 15 is 0 Å². The summed E-state index contributed by atoms with van der Waals surface area (Å²) in [7, 11) is 0. The number of nitrogens with one attached hydrogen (secondary N) is 2. The molecule has 1 amide bonds. The minimum Gasteiger partial charge on any atom is -0.336 e. The van der Waals surface area contributed by atoms with Crippen LogP contribution < -0.4 is 5.32 Å². The summed E-state index contributed by atoms with van der Waals surface area (Å²) in [6.07, 6.45) is 1.58. The SMILES string of the molecule is O=C(Nc1nncs1)c1c[nH]c(=S)n1-c1ccccc1. The first kappa shape index (κ1) is 12.7. The first-order valence-electron chi connectivity index (χ1n) is 5.69. The van der Waals surface area contributed by atoms with E-state index in [2.05, 4.69) is 20.5 Å². The number of benzene rings is 1. The van der Waals surface area contributed by atoms with Crippen molar-refractivity contribution in [3.05, 3.63) is 52.5 Å². The lowest BCUT2D eigenvalue weighted by molar-refractivity contribution is 0.102. The fourth-order valence-corrected chi connectivity index (χ4v) is 2.46. The molecule has 0 aliphatic heterocycles. The second-order valence-corrected chi connectivity index (χ2v) is 5.07. The molecule has 1 aromatic carbocycles. The summed E-state index contributed by atoms with van der Waals surface area (Å²) < 4.78 is 2.13. The van der Waals surface area contributed by atoms with E-state index in [1.54, 1.807) is 16.3 Å². The number of aromatic amines is 1. The van der Waals surface area contributed by atoms with Gasteiger partial charge in [0.2, 0.25) is 5.13 Å². The van der Waals surface area contributed by atoms with Crippen molar-refractivity contribution in [2.45, 2.75) is 0 Å². The van der Waals surface area contributed by atoms with E-state index in [1.807, 2.05) is 30.3 Å². The molecule has 3 rings (SSSR count). The van der Waals surface area contributed by atoms with Crippen molar-refractivity contribution in [1.82, 2.24) is 19.7 Å². The highest BCUT2D eigenvalue weighted by Gasteiger charge is 2.15. The topological polar surface area (TPSA) is 75.6 Å². The van der Waals surface area contributed by atoms with Gasteiger partial charge in [0.25, 0.3) is 5.91 Å². The fraction of sp³-hybridized carbons (Fsp3) is 0. The molecule has 0 aliphatic carbocycles. The van der Waals surface area contributed by atoms with Crippen molar-refractivity contribution >= 4 is 34.6 Å². The van der Waals surface area contributed by atoms with Crippen LogP contribution in [0.4, 0.5) is 5.13 Å². The van der Waals surface area contributed by atoms with E-state index in [1.165, 1.54) is 11.3 Å². The lowest BCUT2D eigenvalue weighted by Crippen LogP contribution is -2.16. The highest BCUT2D eigenvalue weighted by Crippen LogP contribution is 2.15. The van der Waals surface area contributed by atoms with Gasteiger partial charge < -0.3 is 4.98 Å². The first-order valence-corrected chi connectivity index (χ1v) is 6.98. The van der Waals surface area contributed by atoms with Crippen LogP contribution in [0.3, 0.4) is 0 Å². The monoisotopic (exact) mass is 303 g/mol. The molecule has 3 aromatic rings. The van der Waals surface area contributed by atoms with Crippen LogP contribution in [0.25, 0.3) is 5.69 Å². The Morgan fingerprint density at radius 1 is 1.35 bits per heavy atom. The molecule has 2 aromatic heterocycles. The number of hydrogen-bond donors (Lipinski definition) is 2. The maximum Gasteiger partial charge on any atom is 0.276 e.